The third-order valence-corrected chi connectivity index (χ3v) is 2.86. The SMILES string of the molecule is Cc1ccc(Cl)nc1OCc1cccc(C(F)(F)F)c1. The van der Waals surface area contributed by atoms with Crippen molar-refractivity contribution in [2.24, 2.45) is 0 Å². The predicted octanol–water partition coefficient (Wildman–Crippen LogP) is 4.64. The van der Waals surface area contributed by atoms with Crippen LogP contribution in [0.4, 0.5) is 13.2 Å². The van der Waals surface area contributed by atoms with E-state index in [0.717, 1.165) is 17.7 Å². The zero-order valence-corrected chi connectivity index (χ0v) is 11.3. The first-order valence-corrected chi connectivity index (χ1v) is 6.16. The van der Waals surface area contributed by atoms with Gasteiger partial charge in [-0.15, -0.1) is 0 Å². The molecule has 0 saturated heterocycles. The van der Waals surface area contributed by atoms with Crippen LogP contribution in [0, 0.1) is 6.92 Å². The Bertz CT molecular complexity index is 614. The quantitative estimate of drug-likeness (QED) is 0.770. The van der Waals surface area contributed by atoms with Crippen molar-refractivity contribution in [1.29, 1.82) is 0 Å². The first-order chi connectivity index (χ1) is 9.36. The summed E-state index contributed by atoms with van der Waals surface area (Å²) in [7, 11) is 0. The van der Waals surface area contributed by atoms with E-state index in [2.05, 4.69) is 4.98 Å². The maximum Gasteiger partial charge on any atom is 0.416 e. The molecule has 6 heteroatoms. The average Bonchev–Trinajstić information content (AvgIpc) is 2.39. The van der Waals surface area contributed by atoms with Crippen molar-refractivity contribution in [3.8, 4) is 5.88 Å². The molecule has 0 atom stereocenters. The lowest BCUT2D eigenvalue weighted by Crippen LogP contribution is -2.06. The van der Waals surface area contributed by atoms with Crippen LogP contribution in [0.25, 0.3) is 0 Å². The van der Waals surface area contributed by atoms with Crippen molar-refractivity contribution in [2.75, 3.05) is 0 Å². The molecule has 1 aromatic heterocycles. The van der Waals surface area contributed by atoms with Gasteiger partial charge in [0.25, 0.3) is 0 Å². The van der Waals surface area contributed by atoms with Crippen LogP contribution < -0.4 is 4.74 Å². The second-order valence-corrected chi connectivity index (χ2v) is 4.63. The highest BCUT2D eigenvalue weighted by molar-refractivity contribution is 6.29. The first kappa shape index (κ1) is 14.7. The highest BCUT2D eigenvalue weighted by atomic mass is 35.5. The second-order valence-electron chi connectivity index (χ2n) is 4.24. The highest BCUT2D eigenvalue weighted by Gasteiger charge is 2.30. The van der Waals surface area contributed by atoms with Gasteiger partial charge in [0, 0.05) is 5.56 Å². The molecule has 0 unspecified atom stereocenters. The van der Waals surface area contributed by atoms with Gasteiger partial charge in [0.15, 0.2) is 0 Å². The van der Waals surface area contributed by atoms with Gasteiger partial charge in [-0.1, -0.05) is 29.8 Å². The molecule has 0 spiro atoms. The topological polar surface area (TPSA) is 22.1 Å². The number of hydrogen-bond donors (Lipinski definition) is 0. The van der Waals surface area contributed by atoms with Crippen molar-refractivity contribution in [3.05, 3.63) is 58.2 Å². The van der Waals surface area contributed by atoms with E-state index in [4.69, 9.17) is 16.3 Å². The lowest BCUT2D eigenvalue weighted by molar-refractivity contribution is -0.137. The van der Waals surface area contributed by atoms with Gasteiger partial charge in [0.2, 0.25) is 5.88 Å². The van der Waals surface area contributed by atoms with E-state index in [1.807, 2.05) is 0 Å². The summed E-state index contributed by atoms with van der Waals surface area (Å²) >= 11 is 5.74. The standard InChI is InChI=1S/C14H11ClF3NO/c1-9-5-6-12(15)19-13(9)20-8-10-3-2-4-11(7-10)14(16,17)18/h2-7H,8H2,1H3. The first-order valence-electron chi connectivity index (χ1n) is 5.78. The molecule has 0 N–H and O–H groups in total. The molecule has 1 heterocycles. The van der Waals surface area contributed by atoms with Crippen LogP contribution in [0.2, 0.25) is 5.15 Å². The Kier molecular flexibility index (Phi) is 4.18. The van der Waals surface area contributed by atoms with Crippen LogP contribution in [0.5, 0.6) is 5.88 Å². The molecule has 0 amide bonds. The van der Waals surface area contributed by atoms with Crippen LogP contribution in [0.1, 0.15) is 16.7 Å². The van der Waals surface area contributed by atoms with Crippen LogP contribution in [-0.4, -0.2) is 4.98 Å². The number of aromatic nitrogens is 1. The van der Waals surface area contributed by atoms with E-state index in [-0.39, 0.29) is 11.8 Å². The van der Waals surface area contributed by atoms with E-state index in [9.17, 15) is 13.2 Å². The fourth-order valence-electron chi connectivity index (χ4n) is 1.62. The molecule has 2 rings (SSSR count). The molecule has 1 aromatic carbocycles. The Hall–Kier alpha value is -1.75. The normalized spacial score (nSPS) is 11.4. The molecule has 0 aliphatic carbocycles. The third-order valence-electron chi connectivity index (χ3n) is 2.65. The van der Waals surface area contributed by atoms with E-state index >= 15 is 0 Å². The summed E-state index contributed by atoms with van der Waals surface area (Å²) in [6.07, 6.45) is -4.36. The summed E-state index contributed by atoms with van der Waals surface area (Å²) < 4.78 is 43.1. The number of halogens is 4. The van der Waals surface area contributed by atoms with Gasteiger partial charge in [-0.3, -0.25) is 0 Å². The van der Waals surface area contributed by atoms with Gasteiger partial charge in [0.1, 0.15) is 11.8 Å². The van der Waals surface area contributed by atoms with Crippen molar-refractivity contribution in [3.63, 3.8) is 0 Å². The van der Waals surface area contributed by atoms with Crippen molar-refractivity contribution in [2.45, 2.75) is 19.7 Å². The molecule has 106 valence electrons. The third kappa shape index (κ3) is 3.63. The zero-order chi connectivity index (χ0) is 14.8. The molecule has 0 aliphatic rings. The van der Waals surface area contributed by atoms with E-state index in [0.29, 0.717) is 11.4 Å². The molecule has 0 saturated carbocycles. The van der Waals surface area contributed by atoms with E-state index < -0.39 is 11.7 Å². The molecule has 20 heavy (non-hydrogen) atoms. The molecule has 0 radical (unpaired) electrons. The monoisotopic (exact) mass is 301 g/mol. The van der Waals surface area contributed by atoms with E-state index in [1.165, 1.54) is 6.07 Å². The van der Waals surface area contributed by atoms with Crippen molar-refractivity contribution < 1.29 is 17.9 Å². The molecule has 0 fully saturated rings. The van der Waals surface area contributed by atoms with Gasteiger partial charge < -0.3 is 4.74 Å². The fourth-order valence-corrected chi connectivity index (χ4v) is 1.76. The molecule has 2 nitrogen and oxygen atoms in total. The van der Waals surface area contributed by atoms with Gasteiger partial charge in [-0.05, 0) is 30.7 Å². The number of rotatable bonds is 3. The fraction of sp³-hybridized carbons (Fsp3) is 0.214. The number of aryl methyl sites for hydroxylation is 1. The minimum Gasteiger partial charge on any atom is -0.473 e. The maximum absolute atomic E-state index is 12.6. The highest BCUT2D eigenvalue weighted by Crippen LogP contribution is 2.29. The molecule has 0 aliphatic heterocycles. The minimum atomic E-state index is -4.36. The van der Waals surface area contributed by atoms with Crippen LogP contribution in [0.3, 0.4) is 0 Å². The number of alkyl halides is 3. The van der Waals surface area contributed by atoms with Gasteiger partial charge in [-0.25, -0.2) is 4.98 Å². The average molecular weight is 302 g/mol. The Morgan fingerprint density at radius 3 is 2.65 bits per heavy atom. The van der Waals surface area contributed by atoms with E-state index in [1.54, 1.807) is 25.1 Å². The second kappa shape index (κ2) is 5.71. The number of ether oxygens (including phenoxy) is 1. The Morgan fingerprint density at radius 2 is 1.95 bits per heavy atom. The van der Waals surface area contributed by atoms with Gasteiger partial charge >= 0.3 is 6.18 Å². The zero-order valence-electron chi connectivity index (χ0n) is 10.5. The Balaban J connectivity index is 2.13. The Morgan fingerprint density at radius 1 is 1.20 bits per heavy atom. The largest absolute Gasteiger partial charge is 0.473 e. The minimum absolute atomic E-state index is 0.00188. The smallest absolute Gasteiger partial charge is 0.416 e. The number of nitrogens with zero attached hydrogens (tertiary/aromatic N) is 1. The van der Waals surface area contributed by atoms with Crippen LogP contribution in [-0.2, 0) is 12.8 Å². The maximum atomic E-state index is 12.6. The predicted molar refractivity (Wildman–Crippen MR) is 69.8 cm³/mol. The summed E-state index contributed by atoms with van der Waals surface area (Å²) in [4.78, 5) is 3.98. The molecular formula is C14H11ClF3NO. The molecule has 0 bridgehead atoms. The van der Waals surface area contributed by atoms with Crippen LogP contribution in [0.15, 0.2) is 36.4 Å². The number of pyridine rings is 1. The number of hydrogen-bond acceptors (Lipinski definition) is 2. The molecule has 2 aromatic rings. The number of benzene rings is 1. The summed E-state index contributed by atoms with van der Waals surface area (Å²) in [5, 5.41) is 0.273. The van der Waals surface area contributed by atoms with Gasteiger partial charge in [-0.2, -0.15) is 13.2 Å². The van der Waals surface area contributed by atoms with Crippen molar-refractivity contribution >= 4 is 11.6 Å². The van der Waals surface area contributed by atoms with Gasteiger partial charge in [0.05, 0.1) is 5.56 Å². The Labute approximate surface area is 119 Å². The van der Waals surface area contributed by atoms with Crippen molar-refractivity contribution in [1.82, 2.24) is 4.98 Å². The lowest BCUT2D eigenvalue weighted by atomic mass is 10.1. The summed E-state index contributed by atoms with van der Waals surface area (Å²) in [5.74, 6) is 0.315. The summed E-state index contributed by atoms with van der Waals surface area (Å²) in [5.41, 5.74) is 0.483. The molecular weight excluding hydrogens is 291 g/mol. The summed E-state index contributed by atoms with van der Waals surface area (Å²) in [6, 6.07) is 8.34. The lowest BCUT2D eigenvalue weighted by Gasteiger charge is -2.10. The van der Waals surface area contributed by atoms with Crippen LogP contribution >= 0.6 is 11.6 Å². The summed E-state index contributed by atoms with van der Waals surface area (Å²) in [6.45, 7) is 1.78.